The summed E-state index contributed by atoms with van der Waals surface area (Å²) in [5.41, 5.74) is 1.92. The van der Waals surface area contributed by atoms with Crippen LogP contribution in [-0.4, -0.2) is 35.6 Å². The van der Waals surface area contributed by atoms with E-state index in [1.807, 2.05) is 51.1 Å². The number of nitrogens with zero attached hydrogens (tertiary/aromatic N) is 1. The Morgan fingerprint density at radius 1 is 1.06 bits per heavy atom. The van der Waals surface area contributed by atoms with Crippen molar-refractivity contribution in [2.75, 3.05) is 6.79 Å². The zero-order chi connectivity index (χ0) is 22.4. The van der Waals surface area contributed by atoms with Crippen LogP contribution >= 0.6 is 11.6 Å². The van der Waals surface area contributed by atoms with Gasteiger partial charge in [-0.3, -0.25) is 9.59 Å². The molecule has 2 amide bonds. The van der Waals surface area contributed by atoms with Crippen LogP contribution in [0.4, 0.5) is 0 Å². The topological polar surface area (TPSA) is 67.9 Å². The Balaban J connectivity index is 1.75. The molecule has 31 heavy (non-hydrogen) atoms. The van der Waals surface area contributed by atoms with Crippen LogP contribution in [0.5, 0.6) is 11.5 Å². The van der Waals surface area contributed by atoms with Gasteiger partial charge in [0.25, 0.3) is 0 Å². The number of benzene rings is 2. The zero-order valence-electron chi connectivity index (χ0n) is 18.2. The molecule has 0 aliphatic carbocycles. The van der Waals surface area contributed by atoms with Crippen molar-refractivity contribution >= 4 is 23.4 Å². The van der Waals surface area contributed by atoms with Crippen molar-refractivity contribution in [2.45, 2.75) is 58.7 Å². The highest BCUT2D eigenvalue weighted by Crippen LogP contribution is 2.32. The highest BCUT2D eigenvalue weighted by molar-refractivity contribution is 6.30. The lowest BCUT2D eigenvalue weighted by atomic mass is 10.1. The summed E-state index contributed by atoms with van der Waals surface area (Å²) in [5, 5.41) is 3.58. The van der Waals surface area contributed by atoms with Gasteiger partial charge in [0.05, 0.1) is 0 Å². The van der Waals surface area contributed by atoms with Gasteiger partial charge in [0.2, 0.25) is 18.6 Å². The number of fused-ring (bicyclic) bond motifs is 1. The van der Waals surface area contributed by atoms with E-state index < -0.39 is 6.04 Å². The molecule has 1 aliphatic heterocycles. The maximum Gasteiger partial charge on any atom is 0.243 e. The van der Waals surface area contributed by atoms with E-state index in [-0.39, 0.29) is 24.6 Å². The average Bonchev–Trinajstić information content (AvgIpc) is 3.20. The first kappa shape index (κ1) is 22.9. The molecule has 3 rings (SSSR count). The van der Waals surface area contributed by atoms with E-state index in [0.29, 0.717) is 36.6 Å². The standard InChI is InChI=1S/C24H29ClN2O4/c1-4-20(24(29)26-16(2)3)27(14-18-5-9-19(25)10-6-18)23(28)12-8-17-7-11-21-22(13-17)31-15-30-21/h5-7,9-11,13,16,20H,4,8,12,14-15H2,1-3H3,(H,26,29)/t20-/m0/s1. The lowest BCUT2D eigenvalue weighted by Gasteiger charge is -2.31. The van der Waals surface area contributed by atoms with Crippen LogP contribution in [0.3, 0.4) is 0 Å². The van der Waals surface area contributed by atoms with Gasteiger partial charge >= 0.3 is 0 Å². The van der Waals surface area contributed by atoms with Crippen LogP contribution in [0.2, 0.25) is 5.02 Å². The minimum absolute atomic E-state index is 0.00247. The van der Waals surface area contributed by atoms with Gasteiger partial charge in [-0.2, -0.15) is 0 Å². The fraction of sp³-hybridized carbons (Fsp3) is 0.417. The second-order valence-corrected chi connectivity index (χ2v) is 8.36. The Kier molecular flexibility index (Phi) is 7.80. The number of hydrogen-bond donors (Lipinski definition) is 1. The predicted molar refractivity (Wildman–Crippen MR) is 120 cm³/mol. The average molecular weight is 445 g/mol. The van der Waals surface area contributed by atoms with Crippen LogP contribution in [0.15, 0.2) is 42.5 Å². The Labute approximate surface area is 188 Å². The van der Waals surface area contributed by atoms with Crippen LogP contribution in [-0.2, 0) is 22.6 Å². The van der Waals surface area contributed by atoms with Crippen molar-refractivity contribution in [1.82, 2.24) is 10.2 Å². The molecular weight excluding hydrogens is 416 g/mol. The molecule has 0 unspecified atom stereocenters. The molecule has 166 valence electrons. The Morgan fingerprint density at radius 2 is 1.74 bits per heavy atom. The molecule has 1 aliphatic rings. The summed E-state index contributed by atoms with van der Waals surface area (Å²) in [4.78, 5) is 27.8. The quantitative estimate of drug-likeness (QED) is 0.625. The maximum absolute atomic E-state index is 13.3. The summed E-state index contributed by atoms with van der Waals surface area (Å²) < 4.78 is 10.8. The summed E-state index contributed by atoms with van der Waals surface area (Å²) in [5.74, 6) is 1.21. The molecule has 0 saturated carbocycles. The number of nitrogens with one attached hydrogen (secondary N) is 1. The first-order valence-electron chi connectivity index (χ1n) is 10.6. The molecule has 0 aromatic heterocycles. The van der Waals surface area contributed by atoms with Crippen LogP contribution in [0, 0.1) is 0 Å². The van der Waals surface area contributed by atoms with E-state index in [1.165, 1.54) is 0 Å². The number of carbonyl (C=O) groups excluding carboxylic acids is 2. The fourth-order valence-corrected chi connectivity index (χ4v) is 3.70. The second kappa shape index (κ2) is 10.5. The number of ether oxygens (including phenoxy) is 2. The van der Waals surface area contributed by atoms with Gasteiger partial charge in [0.1, 0.15) is 6.04 Å². The summed E-state index contributed by atoms with van der Waals surface area (Å²) in [6.45, 7) is 6.31. The molecule has 7 heteroatoms. The largest absolute Gasteiger partial charge is 0.454 e. The molecule has 0 bridgehead atoms. The first-order chi connectivity index (χ1) is 14.9. The minimum atomic E-state index is -0.540. The van der Waals surface area contributed by atoms with Crippen molar-refractivity contribution in [3.05, 3.63) is 58.6 Å². The maximum atomic E-state index is 13.3. The van der Waals surface area contributed by atoms with Gasteiger partial charge in [-0.15, -0.1) is 0 Å². The molecule has 0 fully saturated rings. The summed E-state index contributed by atoms with van der Waals surface area (Å²) in [6.07, 6.45) is 1.37. The van der Waals surface area contributed by atoms with Crippen LogP contribution in [0.25, 0.3) is 0 Å². The van der Waals surface area contributed by atoms with E-state index in [1.54, 1.807) is 17.0 Å². The molecule has 1 heterocycles. The second-order valence-electron chi connectivity index (χ2n) is 7.92. The lowest BCUT2D eigenvalue weighted by Crippen LogP contribution is -2.50. The van der Waals surface area contributed by atoms with Crippen molar-refractivity contribution in [2.24, 2.45) is 0 Å². The van der Waals surface area contributed by atoms with Gasteiger partial charge in [0.15, 0.2) is 11.5 Å². The number of halogens is 1. The molecule has 1 N–H and O–H groups in total. The summed E-state index contributed by atoms with van der Waals surface area (Å²) in [7, 11) is 0. The first-order valence-corrected chi connectivity index (χ1v) is 11.0. The van der Waals surface area contributed by atoms with E-state index in [0.717, 1.165) is 16.9 Å². The normalized spacial score (nSPS) is 13.2. The Bertz CT molecular complexity index is 914. The fourth-order valence-electron chi connectivity index (χ4n) is 3.58. The molecule has 2 aromatic rings. The molecule has 6 nitrogen and oxygen atoms in total. The molecule has 2 aromatic carbocycles. The third-order valence-electron chi connectivity index (χ3n) is 5.15. The Morgan fingerprint density at radius 3 is 2.42 bits per heavy atom. The molecule has 0 saturated heterocycles. The van der Waals surface area contributed by atoms with Crippen molar-refractivity contribution in [3.63, 3.8) is 0 Å². The molecule has 1 atom stereocenters. The molecule has 0 spiro atoms. The molecular formula is C24H29ClN2O4. The number of hydrogen-bond acceptors (Lipinski definition) is 4. The van der Waals surface area contributed by atoms with Gasteiger partial charge in [-0.05, 0) is 62.1 Å². The van der Waals surface area contributed by atoms with E-state index in [4.69, 9.17) is 21.1 Å². The molecule has 0 radical (unpaired) electrons. The smallest absolute Gasteiger partial charge is 0.243 e. The van der Waals surface area contributed by atoms with E-state index in [9.17, 15) is 9.59 Å². The monoisotopic (exact) mass is 444 g/mol. The third-order valence-corrected chi connectivity index (χ3v) is 5.40. The van der Waals surface area contributed by atoms with E-state index >= 15 is 0 Å². The number of rotatable bonds is 9. The van der Waals surface area contributed by atoms with E-state index in [2.05, 4.69) is 5.32 Å². The predicted octanol–water partition coefficient (Wildman–Crippen LogP) is 4.33. The van der Waals surface area contributed by atoms with Gasteiger partial charge in [-0.25, -0.2) is 0 Å². The SMILES string of the molecule is CC[C@@H](C(=O)NC(C)C)N(Cc1ccc(Cl)cc1)C(=O)CCc1ccc2c(c1)OCO2. The summed E-state index contributed by atoms with van der Waals surface area (Å²) >= 11 is 6.00. The minimum Gasteiger partial charge on any atom is -0.454 e. The third kappa shape index (κ3) is 6.14. The van der Waals surface area contributed by atoms with Crippen molar-refractivity contribution in [3.8, 4) is 11.5 Å². The number of amides is 2. The van der Waals surface area contributed by atoms with Crippen molar-refractivity contribution in [1.29, 1.82) is 0 Å². The highest BCUT2D eigenvalue weighted by atomic mass is 35.5. The van der Waals surface area contributed by atoms with Gasteiger partial charge < -0.3 is 19.7 Å². The Hall–Kier alpha value is -2.73. The van der Waals surface area contributed by atoms with Gasteiger partial charge in [0, 0.05) is 24.0 Å². The number of aryl methyl sites for hydroxylation is 1. The van der Waals surface area contributed by atoms with Gasteiger partial charge in [-0.1, -0.05) is 36.7 Å². The summed E-state index contributed by atoms with van der Waals surface area (Å²) in [6, 6.07) is 12.5. The highest BCUT2D eigenvalue weighted by Gasteiger charge is 2.28. The lowest BCUT2D eigenvalue weighted by molar-refractivity contribution is -0.141. The number of carbonyl (C=O) groups is 2. The zero-order valence-corrected chi connectivity index (χ0v) is 18.9. The van der Waals surface area contributed by atoms with Crippen LogP contribution in [0.1, 0.15) is 44.7 Å². The van der Waals surface area contributed by atoms with Crippen molar-refractivity contribution < 1.29 is 19.1 Å². The van der Waals surface area contributed by atoms with Crippen LogP contribution < -0.4 is 14.8 Å².